The minimum Gasteiger partial charge on any atom is -0.491 e. The third-order valence-corrected chi connectivity index (χ3v) is 6.55. The van der Waals surface area contributed by atoms with Crippen molar-refractivity contribution >= 4 is 23.6 Å². The summed E-state index contributed by atoms with van der Waals surface area (Å²) in [7, 11) is 1.57. The van der Waals surface area contributed by atoms with Crippen LogP contribution in [0.2, 0.25) is 0 Å². The second kappa shape index (κ2) is 10.6. The SMILES string of the molecule is CC1C(=O)NCCC(=O)N2CC(NC(=O)c3ccccc3)CC2COc2cccc(c2)C(=O)N1C. The van der Waals surface area contributed by atoms with Crippen LogP contribution in [0.15, 0.2) is 54.6 Å². The molecule has 0 aliphatic carbocycles. The molecule has 3 unspecified atom stereocenters. The molecule has 35 heavy (non-hydrogen) atoms. The van der Waals surface area contributed by atoms with Crippen LogP contribution in [0.4, 0.5) is 0 Å². The Morgan fingerprint density at radius 3 is 2.63 bits per heavy atom. The molecule has 0 radical (unpaired) electrons. The van der Waals surface area contributed by atoms with E-state index in [2.05, 4.69) is 10.6 Å². The summed E-state index contributed by atoms with van der Waals surface area (Å²) in [5.41, 5.74) is 0.967. The number of carbonyl (C=O) groups is 4. The lowest BCUT2D eigenvalue weighted by Gasteiger charge is -2.25. The fourth-order valence-corrected chi connectivity index (χ4v) is 4.39. The maximum Gasteiger partial charge on any atom is 0.254 e. The summed E-state index contributed by atoms with van der Waals surface area (Å²) in [6, 6.07) is 14.5. The number of likely N-dealkylation sites (N-methyl/N-ethyl adjacent to an activating group) is 1. The molecule has 3 atom stereocenters. The standard InChI is InChI=1S/C26H30N4O5/c1-17-24(32)27-12-11-23(31)30-15-20(28-25(33)18-7-4-3-5-8-18)14-21(30)16-35-22-10-6-9-19(13-22)26(34)29(17)2/h3-10,13,17,20-21H,11-12,14-16H2,1-2H3,(H,27,32)(H,28,33). The Bertz CT molecular complexity index is 1110. The molecule has 2 bridgehead atoms. The molecule has 2 N–H and O–H groups in total. The van der Waals surface area contributed by atoms with E-state index in [1.807, 2.05) is 6.07 Å². The third kappa shape index (κ3) is 5.62. The zero-order chi connectivity index (χ0) is 24.9. The lowest BCUT2D eigenvalue weighted by molar-refractivity contribution is -0.132. The Morgan fingerprint density at radius 2 is 1.86 bits per heavy atom. The Kier molecular flexibility index (Phi) is 7.33. The molecule has 0 saturated carbocycles. The normalized spacial score (nSPS) is 23.5. The van der Waals surface area contributed by atoms with Crippen LogP contribution in [0.5, 0.6) is 5.75 Å². The third-order valence-electron chi connectivity index (χ3n) is 6.55. The number of amides is 4. The summed E-state index contributed by atoms with van der Waals surface area (Å²) >= 11 is 0. The average Bonchev–Trinajstić information content (AvgIpc) is 3.28. The number of hydrogen-bond acceptors (Lipinski definition) is 5. The summed E-state index contributed by atoms with van der Waals surface area (Å²) in [6.07, 6.45) is 0.648. The molecule has 2 aromatic carbocycles. The predicted octanol–water partition coefficient (Wildman–Crippen LogP) is 1.45. The first-order valence-electron chi connectivity index (χ1n) is 11.8. The van der Waals surface area contributed by atoms with Gasteiger partial charge in [0.05, 0.1) is 6.04 Å². The monoisotopic (exact) mass is 478 g/mol. The molecule has 4 amide bonds. The molecule has 9 nitrogen and oxygen atoms in total. The van der Waals surface area contributed by atoms with Crippen LogP contribution in [-0.2, 0) is 9.59 Å². The van der Waals surface area contributed by atoms with E-state index in [9.17, 15) is 19.2 Å². The van der Waals surface area contributed by atoms with Gasteiger partial charge in [-0.05, 0) is 43.7 Å². The quantitative estimate of drug-likeness (QED) is 0.679. The highest BCUT2D eigenvalue weighted by molar-refractivity contribution is 5.97. The molecule has 2 aromatic rings. The molecular formula is C26H30N4O5. The van der Waals surface area contributed by atoms with Crippen molar-refractivity contribution in [1.82, 2.24) is 20.4 Å². The summed E-state index contributed by atoms with van der Waals surface area (Å²) in [5.74, 6) is -0.447. The average molecular weight is 479 g/mol. The lowest BCUT2D eigenvalue weighted by atomic mass is 10.1. The number of nitrogens with zero attached hydrogens (tertiary/aromatic N) is 2. The minimum absolute atomic E-state index is 0.111. The van der Waals surface area contributed by atoms with Crippen LogP contribution in [-0.4, -0.2) is 78.3 Å². The van der Waals surface area contributed by atoms with Crippen molar-refractivity contribution < 1.29 is 23.9 Å². The van der Waals surface area contributed by atoms with E-state index in [0.717, 1.165) is 0 Å². The summed E-state index contributed by atoms with van der Waals surface area (Å²) in [5, 5.41) is 5.77. The molecular weight excluding hydrogens is 448 g/mol. The number of benzene rings is 2. The molecule has 9 heteroatoms. The first kappa shape index (κ1) is 24.3. The maximum absolute atomic E-state index is 13.1. The van der Waals surface area contributed by atoms with E-state index in [4.69, 9.17) is 4.74 Å². The molecule has 184 valence electrons. The fourth-order valence-electron chi connectivity index (χ4n) is 4.39. The van der Waals surface area contributed by atoms with Crippen LogP contribution in [0.25, 0.3) is 0 Å². The maximum atomic E-state index is 13.1. The van der Waals surface area contributed by atoms with Gasteiger partial charge in [0.25, 0.3) is 11.8 Å². The number of rotatable bonds is 2. The Morgan fingerprint density at radius 1 is 1.09 bits per heavy atom. The molecule has 1 saturated heterocycles. The second-order valence-corrected chi connectivity index (χ2v) is 8.94. The van der Waals surface area contributed by atoms with Crippen molar-refractivity contribution in [1.29, 1.82) is 0 Å². The highest BCUT2D eigenvalue weighted by Gasteiger charge is 2.36. The summed E-state index contributed by atoms with van der Waals surface area (Å²) in [4.78, 5) is 54.2. The predicted molar refractivity (Wildman–Crippen MR) is 129 cm³/mol. The van der Waals surface area contributed by atoms with E-state index in [0.29, 0.717) is 29.8 Å². The van der Waals surface area contributed by atoms with Gasteiger partial charge in [-0.15, -0.1) is 0 Å². The molecule has 0 aromatic heterocycles. The van der Waals surface area contributed by atoms with Gasteiger partial charge in [-0.25, -0.2) is 0 Å². The van der Waals surface area contributed by atoms with Gasteiger partial charge in [-0.2, -0.15) is 0 Å². The number of ether oxygens (including phenoxy) is 1. The smallest absolute Gasteiger partial charge is 0.254 e. The zero-order valence-electron chi connectivity index (χ0n) is 19.9. The molecule has 2 aliphatic rings. The van der Waals surface area contributed by atoms with Crippen molar-refractivity contribution in [2.45, 2.75) is 37.9 Å². The number of fused-ring (bicyclic) bond motifs is 3. The van der Waals surface area contributed by atoms with Gasteiger partial charge in [0.15, 0.2) is 0 Å². The molecule has 4 rings (SSSR count). The van der Waals surface area contributed by atoms with Crippen LogP contribution in [0.3, 0.4) is 0 Å². The van der Waals surface area contributed by atoms with Crippen LogP contribution in [0, 0.1) is 0 Å². The molecule has 2 heterocycles. The van der Waals surface area contributed by atoms with Gasteiger partial charge in [-0.1, -0.05) is 24.3 Å². The van der Waals surface area contributed by atoms with Gasteiger partial charge in [0, 0.05) is 43.7 Å². The van der Waals surface area contributed by atoms with Crippen molar-refractivity contribution in [3.8, 4) is 5.75 Å². The van der Waals surface area contributed by atoms with E-state index in [-0.39, 0.29) is 55.3 Å². The van der Waals surface area contributed by atoms with E-state index < -0.39 is 6.04 Å². The van der Waals surface area contributed by atoms with Crippen molar-refractivity contribution in [3.05, 3.63) is 65.7 Å². The highest BCUT2D eigenvalue weighted by Crippen LogP contribution is 2.23. The summed E-state index contributed by atoms with van der Waals surface area (Å²) in [6.45, 7) is 2.38. The number of carbonyl (C=O) groups excluding carboxylic acids is 4. The zero-order valence-corrected chi connectivity index (χ0v) is 19.9. The Hall–Kier alpha value is -3.88. The lowest BCUT2D eigenvalue weighted by Crippen LogP contribution is -2.47. The summed E-state index contributed by atoms with van der Waals surface area (Å²) < 4.78 is 5.99. The van der Waals surface area contributed by atoms with Crippen LogP contribution >= 0.6 is 0 Å². The van der Waals surface area contributed by atoms with Gasteiger partial charge in [0.2, 0.25) is 11.8 Å². The number of nitrogens with one attached hydrogen (secondary N) is 2. The largest absolute Gasteiger partial charge is 0.491 e. The molecule has 0 spiro atoms. The molecule has 1 fully saturated rings. The fraction of sp³-hybridized carbons (Fsp3) is 0.385. The van der Waals surface area contributed by atoms with Crippen LogP contribution < -0.4 is 15.4 Å². The first-order valence-corrected chi connectivity index (χ1v) is 11.8. The Labute approximate surface area is 204 Å². The highest BCUT2D eigenvalue weighted by atomic mass is 16.5. The van der Waals surface area contributed by atoms with E-state index in [1.165, 1.54) is 4.90 Å². The van der Waals surface area contributed by atoms with Gasteiger partial charge >= 0.3 is 0 Å². The van der Waals surface area contributed by atoms with E-state index in [1.54, 1.807) is 67.4 Å². The van der Waals surface area contributed by atoms with Gasteiger partial charge < -0.3 is 25.2 Å². The first-order chi connectivity index (χ1) is 16.8. The Balaban J connectivity index is 1.53. The van der Waals surface area contributed by atoms with Crippen molar-refractivity contribution in [2.24, 2.45) is 0 Å². The molecule has 2 aliphatic heterocycles. The van der Waals surface area contributed by atoms with E-state index >= 15 is 0 Å². The van der Waals surface area contributed by atoms with Crippen LogP contribution in [0.1, 0.15) is 40.5 Å². The van der Waals surface area contributed by atoms with Gasteiger partial charge in [0.1, 0.15) is 18.4 Å². The minimum atomic E-state index is -0.704. The second-order valence-electron chi connectivity index (χ2n) is 8.94. The van der Waals surface area contributed by atoms with Gasteiger partial charge in [-0.3, -0.25) is 19.2 Å². The van der Waals surface area contributed by atoms with Crippen molar-refractivity contribution in [3.63, 3.8) is 0 Å². The van der Waals surface area contributed by atoms with Crippen molar-refractivity contribution in [2.75, 3.05) is 26.7 Å². The topological polar surface area (TPSA) is 108 Å². The number of hydrogen-bond donors (Lipinski definition) is 2.